The Labute approximate surface area is 96.2 Å². The molecule has 0 aliphatic carbocycles. The summed E-state index contributed by atoms with van der Waals surface area (Å²) in [5.41, 5.74) is 6.70. The molecule has 86 valence electrons. The Morgan fingerprint density at radius 3 is 2.62 bits per heavy atom. The molecule has 1 aliphatic rings. The first-order valence-corrected chi connectivity index (χ1v) is 5.79. The van der Waals surface area contributed by atoms with Crippen molar-refractivity contribution in [3.63, 3.8) is 0 Å². The summed E-state index contributed by atoms with van der Waals surface area (Å²) in [6.45, 7) is 2.84. The second-order valence-electron chi connectivity index (χ2n) is 4.51. The predicted octanol–water partition coefficient (Wildman–Crippen LogP) is 2.33. The molecule has 0 aromatic heterocycles. The average Bonchev–Trinajstić information content (AvgIpc) is 2.29. The zero-order valence-electron chi connectivity index (χ0n) is 9.60. The minimum Gasteiger partial charge on any atom is -0.351 e. The van der Waals surface area contributed by atoms with Crippen LogP contribution in [0.2, 0.25) is 0 Å². The van der Waals surface area contributed by atoms with E-state index >= 15 is 0 Å². The van der Waals surface area contributed by atoms with Crippen LogP contribution in [0.4, 0.5) is 4.79 Å². The molecule has 0 spiro atoms. The minimum absolute atomic E-state index is 0.247. The van der Waals surface area contributed by atoms with Gasteiger partial charge in [-0.05, 0) is 31.2 Å². The number of amides is 2. The number of hydrogen-bond acceptors (Lipinski definition) is 1. The summed E-state index contributed by atoms with van der Waals surface area (Å²) in [6.07, 6.45) is 2.02. The summed E-state index contributed by atoms with van der Waals surface area (Å²) in [7, 11) is 0. The third-order valence-electron chi connectivity index (χ3n) is 3.43. The lowest BCUT2D eigenvalue weighted by Crippen LogP contribution is -2.46. The second kappa shape index (κ2) is 4.56. The molecule has 0 saturated carbocycles. The van der Waals surface area contributed by atoms with Crippen molar-refractivity contribution in [1.29, 1.82) is 0 Å². The highest BCUT2D eigenvalue weighted by Crippen LogP contribution is 2.30. The van der Waals surface area contributed by atoms with E-state index in [0.29, 0.717) is 5.92 Å². The fraction of sp³-hybridized carbons (Fsp3) is 0.462. The molecule has 1 aliphatic heterocycles. The third kappa shape index (κ3) is 2.18. The van der Waals surface area contributed by atoms with Crippen LogP contribution in [0.1, 0.15) is 31.2 Å². The maximum atomic E-state index is 11.2. The molecule has 16 heavy (non-hydrogen) atoms. The highest BCUT2D eigenvalue weighted by molar-refractivity contribution is 5.72. The summed E-state index contributed by atoms with van der Waals surface area (Å²) in [4.78, 5) is 12.9. The van der Waals surface area contributed by atoms with Gasteiger partial charge in [-0.25, -0.2) is 4.79 Å². The van der Waals surface area contributed by atoms with Crippen LogP contribution < -0.4 is 5.73 Å². The molecule has 0 radical (unpaired) electrons. The highest BCUT2D eigenvalue weighted by atomic mass is 16.2. The number of primary amides is 1. The van der Waals surface area contributed by atoms with Crippen molar-refractivity contribution in [3.8, 4) is 0 Å². The lowest BCUT2D eigenvalue weighted by molar-refractivity contribution is 0.158. The molecule has 1 heterocycles. The van der Waals surface area contributed by atoms with Crippen LogP contribution in [0.15, 0.2) is 30.3 Å². The molecule has 1 fully saturated rings. The van der Waals surface area contributed by atoms with Gasteiger partial charge in [-0.1, -0.05) is 30.3 Å². The monoisotopic (exact) mass is 218 g/mol. The van der Waals surface area contributed by atoms with E-state index in [9.17, 15) is 4.79 Å². The first-order chi connectivity index (χ1) is 7.68. The van der Waals surface area contributed by atoms with Crippen LogP contribution in [0.3, 0.4) is 0 Å². The largest absolute Gasteiger partial charge is 0.351 e. The van der Waals surface area contributed by atoms with Gasteiger partial charge in [0.15, 0.2) is 0 Å². The number of nitrogens with zero attached hydrogens (tertiary/aromatic N) is 1. The first kappa shape index (κ1) is 11.0. The van der Waals surface area contributed by atoms with Gasteiger partial charge >= 0.3 is 6.03 Å². The van der Waals surface area contributed by atoms with Crippen molar-refractivity contribution in [1.82, 2.24) is 4.90 Å². The number of rotatable bonds is 1. The SMILES string of the molecule is C[C@H]1C[C@@H](c2ccccc2)CCN1C(N)=O. The molecule has 1 saturated heterocycles. The number of nitrogens with two attached hydrogens (primary N) is 1. The maximum absolute atomic E-state index is 11.2. The number of carbonyl (C=O) groups excluding carboxylic acids is 1. The van der Waals surface area contributed by atoms with E-state index in [-0.39, 0.29) is 12.1 Å². The van der Waals surface area contributed by atoms with Gasteiger partial charge in [-0.3, -0.25) is 0 Å². The summed E-state index contributed by atoms with van der Waals surface area (Å²) >= 11 is 0. The van der Waals surface area contributed by atoms with E-state index in [1.54, 1.807) is 4.90 Å². The van der Waals surface area contributed by atoms with Crippen molar-refractivity contribution in [2.45, 2.75) is 31.7 Å². The molecule has 2 atom stereocenters. The molecule has 2 N–H and O–H groups in total. The first-order valence-electron chi connectivity index (χ1n) is 5.79. The van der Waals surface area contributed by atoms with E-state index < -0.39 is 0 Å². The van der Waals surface area contributed by atoms with Crippen molar-refractivity contribution in [3.05, 3.63) is 35.9 Å². The van der Waals surface area contributed by atoms with Gasteiger partial charge in [0, 0.05) is 12.6 Å². The smallest absolute Gasteiger partial charge is 0.315 e. The highest BCUT2D eigenvalue weighted by Gasteiger charge is 2.27. The molecule has 3 heteroatoms. The Balaban J connectivity index is 2.05. The van der Waals surface area contributed by atoms with E-state index in [0.717, 1.165) is 19.4 Å². The summed E-state index contributed by atoms with van der Waals surface area (Å²) < 4.78 is 0. The van der Waals surface area contributed by atoms with E-state index in [4.69, 9.17) is 5.73 Å². The predicted molar refractivity (Wildman–Crippen MR) is 64.2 cm³/mol. The van der Waals surface area contributed by atoms with Gasteiger partial charge in [0.1, 0.15) is 0 Å². The molecule has 3 nitrogen and oxygen atoms in total. The molecule has 0 unspecified atom stereocenters. The molecular weight excluding hydrogens is 200 g/mol. The topological polar surface area (TPSA) is 46.3 Å². The van der Waals surface area contributed by atoms with E-state index in [1.165, 1.54) is 5.56 Å². The fourth-order valence-electron chi connectivity index (χ4n) is 2.53. The Hall–Kier alpha value is -1.51. The van der Waals surface area contributed by atoms with Gasteiger partial charge in [-0.15, -0.1) is 0 Å². The molecule has 0 bridgehead atoms. The maximum Gasteiger partial charge on any atom is 0.315 e. The number of urea groups is 1. The Morgan fingerprint density at radius 1 is 1.38 bits per heavy atom. The molecule has 1 aromatic rings. The Bertz CT molecular complexity index is 363. The standard InChI is InChI=1S/C13H18N2O/c1-10-9-12(7-8-15(10)13(14)16)11-5-3-2-4-6-11/h2-6,10,12H,7-9H2,1H3,(H2,14,16)/t10-,12-/m0/s1. The van der Waals surface area contributed by atoms with Gasteiger partial charge in [0.05, 0.1) is 0 Å². The normalized spacial score (nSPS) is 25.4. The zero-order chi connectivity index (χ0) is 11.5. The number of benzene rings is 1. The van der Waals surface area contributed by atoms with E-state index in [2.05, 4.69) is 31.2 Å². The van der Waals surface area contributed by atoms with E-state index in [1.807, 2.05) is 6.07 Å². The zero-order valence-corrected chi connectivity index (χ0v) is 9.60. The van der Waals surface area contributed by atoms with Gasteiger partial charge < -0.3 is 10.6 Å². The van der Waals surface area contributed by atoms with Crippen LogP contribution >= 0.6 is 0 Å². The minimum atomic E-state index is -0.293. The Morgan fingerprint density at radius 2 is 2.06 bits per heavy atom. The number of carbonyl (C=O) groups is 1. The molecule has 2 amide bonds. The average molecular weight is 218 g/mol. The van der Waals surface area contributed by atoms with Gasteiger partial charge in [0.25, 0.3) is 0 Å². The van der Waals surface area contributed by atoms with Crippen molar-refractivity contribution in [2.75, 3.05) is 6.54 Å². The number of likely N-dealkylation sites (tertiary alicyclic amines) is 1. The van der Waals surface area contributed by atoms with Crippen LogP contribution in [-0.4, -0.2) is 23.5 Å². The second-order valence-corrected chi connectivity index (χ2v) is 4.51. The number of hydrogen-bond donors (Lipinski definition) is 1. The molecule has 2 rings (SSSR count). The van der Waals surface area contributed by atoms with Crippen molar-refractivity contribution >= 4 is 6.03 Å². The summed E-state index contributed by atoms with van der Waals surface area (Å²) in [6, 6.07) is 10.5. The van der Waals surface area contributed by atoms with Gasteiger partial charge in [0.2, 0.25) is 0 Å². The van der Waals surface area contributed by atoms with Gasteiger partial charge in [-0.2, -0.15) is 0 Å². The lowest BCUT2D eigenvalue weighted by atomic mass is 9.86. The molecule has 1 aromatic carbocycles. The summed E-state index contributed by atoms with van der Waals surface area (Å²) in [5, 5.41) is 0. The van der Waals surface area contributed by atoms with Crippen LogP contribution in [0.25, 0.3) is 0 Å². The van der Waals surface area contributed by atoms with Crippen molar-refractivity contribution < 1.29 is 4.79 Å². The van der Waals surface area contributed by atoms with Crippen LogP contribution in [0, 0.1) is 0 Å². The quantitative estimate of drug-likeness (QED) is 0.772. The van der Waals surface area contributed by atoms with Crippen molar-refractivity contribution in [2.24, 2.45) is 5.73 Å². The van der Waals surface area contributed by atoms with Crippen LogP contribution in [0.5, 0.6) is 0 Å². The number of piperidine rings is 1. The lowest BCUT2D eigenvalue weighted by Gasteiger charge is -2.36. The third-order valence-corrected chi connectivity index (χ3v) is 3.43. The summed E-state index contributed by atoms with van der Waals surface area (Å²) in [5.74, 6) is 0.562. The molecular formula is C13H18N2O. The Kier molecular flexibility index (Phi) is 3.13. The van der Waals surface area contributed by atoms with Crippen LogP contribution in [-0.2, 0) is 0 Å². The fourth-order valence-corrected chi connectivity index (χ4v) is 2.53.